The number of ether oxygens (including phenoxy) is 1. The van der Waals surface area contributed by atoms with E-state index < -0.39 is 0 Å². The van der Waals surface area contributed by atoms with Crippen LogP contribution in [0.2, 0.25) is 0 Å². The Morgan fingerprint density at radius 3 is 2.63 bits per heavy atom. The minimum Gasteiger partial charge on any atom is -0.497 e. The van der Waals surface area contributed by atoms with E-state index in [4.69, 9.17) is 15.5 Å². The lowest BCUT2D eigenvalue weighted by atomic mass is 10.2. The third kappa shape index (κ3) is 2.93. The van der Waals surface area contributed by atoms with Crippen LogP contribution in [-0.2, 0) is 0 Å². The van der Waals surface area contributed by atoms with Gasteiger partial charge in [-0.25, -0.2) is 9.97 Å². The summed E-state index contributed by atoms with van der Waals surface area (Å²) >= 11 is 3.04. The van der Waals surface area contributed by atoms with Crippen molar-refractivity contribution < 1.29 is 4.74 Å². The second kappa shape index (κ2) is 7.42. The van der Waals surface area contributed by atoms with E-state index in [0.29, 0.717) is 16.7 Å². The number of methoxy groups -OCH3 is 1. The van der Waals surface area contributed by atoms with Gasteiger partial charge in [-0.05, 0) is 30.3 Å². The number of fused-ring (bicyclic) bond motifs is 7. The summed E-state index contributed by atoms with van der Waals surface area (Å²) in [6.45, 7) is 0. The number of nitrogen functional groups attached to an aromatic ring is 1. The van der Waals surface area contributed by atoms with Gasteiger partial charge >= 0.3 is 0 Å². The molecular formula is C25H16N6O2S2. The van der Waals surface area contributed by atoms with Gasteiger partial charge < -0.3 is 10.5 Å². The number of para-hydroxylation sites is 1. The SMILES string of the molecule is COc1ccc2sc(-n3nc4nc5n(c(=O)c4c3N)-c3ccccc3Sc3ccccc3-5)nc2c1. The van der Waals surface area contributed by atoms with Gasteiger partial charge in [0.15, 0.2) is 11.5 Å². The highest BCUT2D eigenvalue weighted by Gasteiger charge is 2.26. The summed E-state index contributed by atoms with van der Waals surface area (Å²) in [6.07, 6.45) is 0. The van der Waals surface area contributed by atoms with Crippen LogP contribution >= 0.6 is 23.1 Å². The summed E-state index contributed by atoms with van der Waals surface area (Å²) in [4.78, 5) is 25.5. The highest BCUT2D eigenvalue weighted by atomic mass is 32.2. The van der Waals surface area contributed by atoms with Gasteiger partial charge in [0, 0.05) is 21.4 Å². The Morgan fingerprint density at radius 2 is 1.77 bits per heavy atom. The minimum absolute atomic E-state index is 0.210. The first-order valence-electron chi connectivity index (χ1n) is 10.8. The van der Waals surface area contributed by atoms with E-state index in [9.17, 15) is 4.79 Å². The fraction of sp³-hybridized carbons (Fsp3) is 0.0400. The fourth-order valence-corrected chi connectivity index (χ4v) is 6.29. The van der Waals surface area contributed by atoms with Crippen LogP contribution in [0.4, 0.5) is 5.82 Å². The van der Waals surface area contributed by atoms with E-state index in [1.165, 1.54) is 16.0 Å². The predicted molar refractivity (Wildman–Crippen MR) is 138 cm³/mol. The van der Waals surface area contributed by atoms with E-state index in [1.54, 1.807) is 23.4 Å². The quantitative estimate of drug-likeness (QED) is 0.363. The van der Waals surface area contributed by atoms with Crippen LogP contribution in [-0.4, -0.2) is 31.4 Å². The molecule has 0 saturated heterocycles. The summed E-state index contributed by atoms with van der Waals surface area (Å²) in [5.74, 6) is 1.46. The minimum atomic E-state index is -0.263. The van der Waals surface area contributed by atoms with Crippen molar-refractivity contribution in [2.45, 2.75) is 9.79 Å². The van der Waals surface area contributed by atoms with Gasteiger partial charge in [-0.2, -0.15) is 4.68 Å². The molecule has 35 heavy (non-hydrogen) atoms. The van der Waals surface area contributed by atoms with Crippen LogP contribution in [0.15, 0.2) is 81.3 Å². The van der Waals surface area contributed by atoms with Crippen molar-refractivity contribution >= 4 is 50.2 Å². The Balaban J connectivity index is 1.53. The zero-order valence-corrected chi connectivity index (χ0v) is 19.9. The van der Waals surface area contributed by atoms with E-state index in [-0.39, 0.29) is 22.4 Å². The van der Waals surface area contributed by atoms with Crippen molar-refractivity contribution in [2.24, 2.45) is 0 Å². The molecule has 4 heterocycles. The molecule has 7 rings (SSSR count). The lowest BCUT2D eigenvalue weighted by Gasteiger charge is -2.11. The molecule has 170 valence electrons. The number of nitrogens with two attached hydrogens (primary N) is 1. The molecule has 0 fully saturated rings. The number of hydrogen-bond acceptors (Lipinski definition) is 8. The van der Waals surface area contributed by atoms with Crippen LogP contribution < -0.4 is 16.0 Å². The maximum atomic E-state index is 14.0. The first-order chi connectivity index (χ1) is 17.1. The molecule has 0 spiro atoms. The Hall–Kier alpha value is -4.15. The van der Waals surface area contributed by atoms with Crippen LogP contribution in [0.25, 0.3) is 43.5 Å². The van der Waals surface area contributed by atoms with Gasteiger partial charge in [-0.3, -0.25) is 9.36 Å². The predicted octanol–water partition coefficient (Wildman–Crippen LogP) is 4.90. The monoisotopic (exact) mass is 496 g/mol. The molecule has 0 saturated carbocycles. The summed E-state index contributed by atoms with van der Waals surface area (Å²) in [5, 5.41) is 5.45. The molecule has 0 atom stereocenters. The van der Waals surface area contributed by atoms with Crippen molar-refractivity contribution in [1.29, 1.82) is 0 Å². The summed E-state index contributed by atoms with van der Waals surface area (Å²) < 4.78 is 9.41. The standard InChI is InChI=1S/C25H16N6O2S2/c1-33-13-10-11-18-15(12-13)27-25(35-18)31-21(26)20-22(29-31)28-23-14-6-2-4-8-17(14)34-19-9-5-3-7-16(19)30(23)24(20)32/h2-12H,26H2,1H3. The van der Waals surface area contributed by atoms with Gasteiger partial charge in [0.25, 0.3) is 5.56 Å². The molecular weight excluding hydrogens is 480 g/mol. The third-order valence-electron chi connectivity index (χ3n) is 5.96. The Bertz CT molecular complexity index is 1870. The van der Waals surface area contributed by atoms with Crippen LogP contribution in [0.1, 0.15) is 0 Å². The van der Waals surface area contributed by atoms with Crippen molar-refractivity contribution in [2.75, 3.05) is 12.8 Å². The van der Waals surface area contributed by atoms with Crippen molar-refractivity contribution in [1.82, 2.24) is 24.3 Å². The largest absolute Gasteiger partial charge is 0.497 e. The molecule has 0 unspecified atom stereocenters. The Labute approximate surface area is 206 Å². The Morgan fingerprint density at radius 1 is 0.971 bits per heavy atom. The zero-order valence-electron chi connectivity index (χ0n) is 18.3. The van der Waals surface area contributed by atoms with Crippen molar-refractivity contribution in [3.05, 3.63) is 77.1 Å². The van der Waals surface area contributed by atoms with E-state index in [0.717, 1.165) is 31.3 Å². The number of hydrogen-bond donors (Lipinski definition) is 1. The molecule has 0 aliphatic carbocycles. The number of benzene rings is 3. The molecule has 6 aromatic rings. The van der Waals surface area contributed by atoms with Crippen molar-refractivity contribution in [3.63, 3.8) is 0 Å². The van der Waals surface area contributed by atoms with Crippen LogP contribution in [0.5, 0.6) is 5.75 Å². The first kappa shape index (κ1) is 20.2. The summed E-state index contributed by atoms with van der Waals surface area (Å²) in [6, 6.07) is 21.4. The second-order valence-corrected chi connectivity index (χ2v) is 10.1. The number of aromatic nitrogens is 5. The zero-order chi connectivity index (χ0) is 23.7. The van der Waals surface area contributed by atoms with Crippen LogP contribution in [0, 0.1) is 0 Å². The average Bonchev–Trinajstić information content (AvgIpc) is 3.40. The summed E-state index contributed by atoms with van der Waals surface area (Å²) in [7, 11) is 1.62. The van der Waals surface area contributed by atoms with E-state index >= 15 is 0 Å². The molecule has 0 bridgehead atoms. The number of rotatable bonds is 2. The van der Waals surface area contributed by atoms with E-state index in [2.05, 4.69) is 10.1 Å². The molecule has 3 aromatic carbocycles. The van der Waals surface area contributed by atoms with Crippen molar-refractivity contribution in [3.8, 4) is 28.0 Å². The molecule has 0 radical (unpaired) electrons. The maximum Gasteiger partial charge on any atom is 0.271 e. The molecule has 1 aliphatic heterocycles. The highest BCUT2D eigenvalue weighted by Crippen LogP contribution is 2.42. The third-order valence-corrected chi connectivity index (χ3v) is 8.11. The topological polar surface area (TPSA) is 101 Å². The van der Waals surface area contributed by atoms with Gasteiger partial charge in [0.1, 0.15) is 17.0 Å². The second-order valence-electron chi connectivity index (χ2n) is 7.97. The molecule has 3 aromatic heterocycles. The smallest absolute Gasteiger partial charge is 0.271 e. The number of thiazole rings is 1. The lowest BCUT2D eigenvalue weighted by Crippen LogP contribution is -2.22. The number of nitrogens with zero attached hydrogens (tertiary/aromatic N) is 5. The molecule has 10 heteroatoms. The fourth-order valence-electron chi connectivity index (χ4n) is 4.31. The van der Waals surface area contributed by atoms with Crippen LogP contribution in [0.3, 0.4) is 0 Å². The lowest BCUT2D eigenvalue weighted by molar-refractivity contribution is 0.415. The molecule has 8 nitrogen and oxygen atoms in total. The van der Waals surface area contributed by atoms with Gasteiger partial charge in [0.05, 0.1) is 23.0 Å². The normalized spacial score (nSPS) is 12.3. The molecule has 2 N–H and O–H groups in total. The Kier molecular flexibility index (Phi) is 4.29. The first-order valence-corrected chi connectivity index (χ1v) is 12.4. The summed E-state index contributed by atoms with van der Waals surface area (Å²) in [5.41, 5.74) is 8.95. The van der Waals surface area contributed by atoms with E-state index in [1.807, 2.05) is 66.7 Å². The van der Waals surface area contributed by atoms with Gasteiger partial charge in [-0.1, -0.05) is 53.4 Å². The number of anilines is 1. The van der Waals surface area contributed by atoms with Gasteiger partial charge in [-0.15, -0.1) is 5.10 Å². The highest BCUT2D eigenvalue weighted by molar-refractivity contribution is 7.99. The average molecular weight is 497 g/mol. The molecule has 0 amide bonds. The molecule has 1 aliphatic rings. The van der Waals surface area contributed by atoms with Gasteiger partial charge in [0.2, 0.25) is 5.13 Å². The maximum absolute atomic E-state index is 14.0.